The van der Waals surface area contributed by atoms with Crippen LogP contribution in [0.3, 0.4) is 0 Å². The summed E-state index contributed by atoms with van der Waals surface area (Å²) in [7, 11) is 0. The molecule has 0 spiro atoms. The topological polar surface area (TPSA) is 132 Å². The first kappa shape index (κ1) is 79.6. The standard InChI is InChI=1S/C54H106O4.C18H36O3/c1-4-7-10-13-15-17-19-21-23-25-27-29-31-35-39-44-49-54(58,53(56)57)50-45-40-36-32-33-37-42-47-51(46-41-12-9-6-3)52(55)48-43-38-34-30-28-26-24-22-20-18-16-14-11-8-5-2;1-2-3-4-5-6-7-8-9-10-11-12-13-14-15-16-17(19)18(20)21/h51,58H,4-50H2,1-3H3,(H,56,57);17,19H,2-16H2,1H3,(H,20,21). The molecule has 0 amide bonds. The van der Waals surface area contributed by atoms with Gasteiger partial charge in [0.15, 0.2) is 11.7 Å². The highest BCUT2D eigenvalue weighted by Gasteiger charge is 2.34. The third kappa shape index (κ3) is 60.9. The molecular weight excluding hydrogens is 977 g/mol. The van der Waals surface area contributed by atoms with Gasteiger partial charge in [-0.15, -0.1) is 0 Å². The van der Waals surface area contributed by atoms with Crippen molar-refractivity contribution in [2.45, 2.75) is 437 Å². The van der Waals surface area contributed by atoms with Crippen LogP contribution in [0.2, 0.25) is 0 Å². The normalized spacial score (nSPS) is 13.0. The summed E-state index contributed by atoms with van der Waals surface area (Å²) in [6.45, 7) is 9.09. The van der Waals surface area contributed by atoms with E-state index in [0.29, 0.717) is 25.0 Å². The third-order valence-electron chi connectivity index (χ3n) is 17.5. The van der Waals surface area contributed by atoms with Crippen LogP contribution in [0.25, 0.3) is 0 Å². The summed E-state index contributed by atoms with van der Waals surface area (Å²) >= 11 is 0. The summed E-state index contributed by atoms with van der Waals surface area (Å²) in [6, 6.07) is 0. The van der Waals surface area contributed by atoms with Crippen LogP contribution < -0.4 is 0 Å². The van der Waals surface area contributed by atoms with E-state index in [1.807, 2.05) is 0 Å². The number of hydrogen-bond acceptors (Lipinski definition) is 5. The average Bonchev–Trinajstić information content (AvgIpc) is 3.44. The summed E-state index contributed by atoms with van der Waals surface area (Å²) in [6.07, 6.45) is 74.7. The highest BCUT2D eigenvalue weighted by molar-refractivity contribution is 5.80. The second-order valence-corrected chi connectivity index (χ2v) is 25.4. The molecule has 0 fully saturated rings. The van der Waals surface area contributed by atoms with Crippen molar-refractivity contribution in [3.63, 3.8) is 0 Å². The minimum Gasteiger partial charge on any atom is -0.479 e. The maximum atomic E-state index is 13.3. The molecule has 3 atom stereocenters. The van der Waals surface area contributed by atoms with Gasteiger partial charge in [0.1, 0.15) is 5.78 Å². The molecular formula is C72H142O7. The fourth-order valence-corrected chi connectivity index (χ4v) is 11.8. The summed E-state index contributed by atoms with van der Waals surface area (Å²) in [4.78, 5) is 35.6. The molecule has 4 N–H and O–H groups in total. The molecule has 0 aromatic heterocycles. The van der Waals surface area contributed by atoms with Crippen LogP contribution in [0.4, 0.5) is 0 Å². The predicted molar refractivity (Wildman–Crippen MR) is 344 cm³/mol. The lowest BCUT2D eigenvalue weighted by Gasteiger charge is -2.23. The molecule has 0 rings (SSSR count). The van der Waals surface area contributed by atoms with Gasteiger partial charge in [0.05, 0.1) is 0 Å². The zero-order chi connectivity index (χ0) is 58.2. The smallest absolute Gasteiger partial charge is 0.335 e. The maximum Gasteiger partial charge on any atom is 0.335 e. The fraction of sp³-hybridized carbons (Fsp3) is 0.958. The lowest BCUT2D eigenvalue weighted by atomic mass is 9.88. The van der Waals surface area contributed by atoms with Crippen LogP contribution in [0, 0.1) is 5.92 Å². The molecule has 0 saturated carbocycles. The number of carbonyl (C=O) groups excluding carboxylic acids is 1. The second kappa shape index (κ2) is 65.7. The lowest BCUT2D eigenvalue weighted by molar-refractivity contribution is -0.160. The molecule has 0 radical (unpaired) electrons. The zero-order valence-electron chi connectivity index (χ0n) is 54.0. The number of carbonyl (C=O) groups is 3. The Balaban J connectivity index is 0. The first-order valence-corrected chi connectivity index (χ1v) is 36.0. The van der Waals surface area contributed by atoms with E-state index in [0.717, 1.165) is 83.5 Å². The second-order valence-electron chi connectivity index (χ2n) is 25.4. The Morgan fingerprint density at radius 2 is 0.494 bits per heavy atom. The minimum absolute atomic E-state index is 0.270. The van der Waals surface area contributed by atoms with E-state index < -0.39 is 23.6 Å². The van der Waals surface area contributed by atoms with Gasteiger partial charge in [-0.05, 0) is 51.4 Å². The summed E-state index contributed by atoms with van der Waals surface area (Å²) in [5, 5.41) is 38.4. The third-order valence-corrected chi connectivity index (χ3v) is 17.5. The highest BCUT2D eigenvalue weighted by Crippen LogP contribution is 2.26. The largest absolute Gasteiger partial charge is 0.479 e. The van der Waals surface area contributed by atoms with Crippen LogP contribution >= 0.6 is 0 Å². The van der Waals surface area contributed by atoms with E-state index in [4.69, 9.17) is 10.2 Å². The molecule has 0 heterocycles. The number of ketones is 1. The van der Waals surface area contributed by atoms with E-state index in [1.54, 1.807) is 0 Å². The number of carboxylic acids is 2. The molecule has 3 unspecified atom stereocenters. The van der Waals surface area contributed by atoms with Crippen molar-refractivity contribution in [1.82, 2.24) is 0 Å². The first-order valence-electron chi connectivity index (χ1n) is 36.0. The summed E-state index contributed by atoms with van der Waals surface area (Å²) in [5.74, 6) is -1.32. The molecule has 0 bridgehead atoms. The zero-order valence-corrected chi connectivity index (χ0v) is 54.0. The molecule has 7 heteroatoms. The van der Waals surface area contributed by atoms with Crippen LogP contribution in [-0.2, 0) is 14.4 Å². The lowest BCUT2D eigenvalue weighted by Crippen LogP contribution is -2.38. The Labute approximate surface area is 493 Å². The number of rotatable bonds is 66. The van der Waals surface area contributed by atoms with Crippen molar-refractivity contribution in [2.24, 2.45) is 5.92 Å². The molecule has 7 nitrogen and oxygen atoms in total. The first-order chi connectivity index (χ1) is 38.6. The van der Waals surface area contributed by atoms with E-state index in [9.17, 15) is 24.6 Å². The Kier molecular flexibility index (Phi) is 66.2. The van der Waals surface area contributed by atoms with Crippen LogP contribution in [0.1, 0.15) is 426 Å². The predicted octanol–water partition coefficient (Wildman–Crippen LogP) is 23.7. The summed E-state index contributed by atoms with van der Waals surface area (Å²) < 4.78 is 0. The Hall–Kier alpha value is -1.47. The average molecular weight is 1120 g/mol. The van der Waals surface area contributed by atoms with Crippen LogP contribution in [-0.4, -0.2) is 49.9 Å². The minimum atomic E-state index is -1.55. The van der Waals surface area contributed by atoms with Gasteiger partial charge >= 0.3 is 11.9 Å². The molecule has 472 valence electrons. The molecule has 0 aliphatic heterocycles. The molecule has 0 aromatic rings. The molecule has 0 aliphatic rings. The van der Waals surface area contributed by atoms with Gasteiger partial charge in [-0.25, -0.2) is 9.59 Å². The van der Waals surface area contributed by atoms with Crippen LogP contribution in [0.15, 0.2) is 0 Å². The maximum absolute atomic E-state index is 13.3. The van der Waals surface area contributed by atoms with Gasteiger partial charge in [0.2, 0.25) is 0 Å². The van der Waals surface area contributed by atoms with Gasteiger partial charge in [0.25, 0.3) is 0 Å². The van der Waals surface area contributed by atoms with Crippen molar-refractivity contribution in [2.75, 3.05) is 0 Å². The van der Waals surface area contributed by atoms with Crippen molar-refractivity contribution in [3.05, 3.63) is 0 Å². The number of aliphatic hydroxyl groups is 2. The number of Topliss-reactive ketones (excluding diaryl/α,β-unsaturated/α-hetero) is 1. The number of aliphatic carboxylic acids is 2. The van der Waals surface area contributed by atoms with Crippen molar-refractivity contribution in [3.8, 4) is 0 Å². The monoisotopic (exact) mass is 1120 g/mol. The van der Waals surface area contributed by atoms with Crippen molar-refractivity contribution < 1.29 is 34.8 Å². The summed E-state index contributed by atoms with van der Waals surface area (Å²) in [5.41, 5.74) is -1.55. The fourth-order valence-electron chi connectivity index (χ4n) is 11.8. The van der Waals surface area contributed by atoms with Crippen molar-refractivity contribution in [1.29, 1.82) is 0 Å². The number of unbranched alkanes of at least 4 members (excludes halogenated alkanes) is 51. The highest BCUT2D eigenvalue weighted by atomic mass is 16.4. The van der Waals surface area contributed by atoms with E-state index in [1.165, 1.54) is 295 Å². The number of aliphatic hydroxyl groups excluding tert-OH is 1. The Morgan fingerprint density at radius 1 is 0.291 bits per heavy atom. The number of hydrogen-bond donors (Lipinski definition) is 4. The van der Waals surface area contributed by atoms with Gasteiger partial charge in [-0.2, -0.15) is 0 Å². The van der Waals surface area contributed by atoms with Gasteiger partial charge in [-0.3, -0.25) is 4.79 Å². The SMILES string of the molecule is CCCCCCCCCCCCCCCCC(O)C(=O)O.CCCCCCCCCCCCCCCCCCC(O)(CCCCCCCCCC(CCCCCC)C(=O)CCCCCCCCCCCCCCCCC)C(=O)O. The molecule has 0 saturated heterocycles. The van der Waals surface area contributed by atoms with Crippen molar-refractivity contribution >= 4 is 17.7 Å². The number of carboxylic acid groups (broad SMARTS) is 2. The van der Waals surface area contributed by atoms with E-state index >= 15 is 0 Å². The molecule has 79 heavy (non-hydrogen) atoms. The van der Waals surface area contributed by atoms with Gasteiger partial charge in [0, 0.05) is 12.3 Å². The van der Waals surface area contributed by atoms with E-state index in [-0.39, 0.29) is 5.92 Å². The molecule has 0 aliphatic carbocycles. The Bertz CT molecular complexity index is 1220. The molecule has 0 aromatic carbocycles. The van der Waals surface area contributed by atoms with Gasteiger partial charge < -0.3 is 20.4 Å². The van der Waals surface area contributed by atoms with E-state index in [2.05, 4.69) is 27.7 Å². The Morgan fingerprint density at radius 3 is 0.734 bits per heavy atom. The quantitative estimate of drug-likeness (QED) is 0.0446. The van der Waals surface area contributed by atoms with Crippen LogP contribution in [0.5, 0.6) is 0 Å². The van der Waals surface area contributed by atoms with Gasteiger partial charge in [-0.1, -0.05) is 368 Å².